The number of fused-ring (bicyclic) bond motifs is 1. The van der Waals surface area contributed by atoms with Gasteiger partial charge in [-0.05, 0) is 43.4 Å². The van der Waals surface area contributed by atoms with E-state index < -0.39 is 5.97 Å². The Morgan fingerprint density at radius 3 is 2.74 bits per heavy atom. The summed E-state index contributed by atoms with van der Waals surface area (Å²) in [5.74, 6) is 0.477. The van der Waals surface area contributed by atoms with Crippen LogP contribution >= 0.6 is 11.3 Å². The molecule has 1 aromatic heterocycles. The normalized spacial score (nSPS) is 12.8. The molecule has 0 saturated heterocycles. The molecule has 0 spiro atoms. The Morgan fingerprint density at radius 2 is 1.93 bits per heavy atom. The van der Waals surface area contributed by atoms with E-state index in [-0.39, 0.29) is 19.1 Å². The van der Waals surface area contributed by atoms with E-state index in [1.165, 1.54) is 11.3 Å². The molecule has 2 aromatic rings. The van der Waals surface area contributed by atoms with E-state index in [9.17, 15) is 9.59 Å². The fraction of sp³-hybridized carbons (Fsp3) is 0.400. The average molecular weight is 389 g/mol. The number of carbonyl (C=O) groups is 2. The number of ether oxygens (including phenoxy) is 3. The van der Waals surface area contributed by atoms with Gasteiger partial charge in [-0.1, -0.05) is 12.1 Å². The molecule has 3 rings (SSSR count). The quantitative estimate of drug-likeness (QED) is 0.555. The standard InChI is InChI=1S/C20H23NO5S/c1-24-16-7-3-4-8-17(16)25-11-10-21-19(22)12-26-20(23)15-13-27-18-9-5-2-6-14(15)18/h3-4,7-8,13H,2,5-6,9-12H2,1H3,(H,21,22). The van der Waals surface area contributed by atoms with Crippen molar-refractivity contribution >= 4 is 23.2 Å². The molecular weight excluding hydrogens is 366 g/mol. The van der Waals surface area contributed by atoms with Gasteiger partial charge in [0.15, 0.2) is 18.1 Å². The second-order valence-corrected chi connectivity index (χ2v) is 7.15. The van der Waals surface area contributed by atoms with Crippen molar-refractivity contribution < 1.29 is 23.8 Å². The van der Waals surface area contributed by atoms with Crippen LogP contribution in [0.1, 0.15) is 33.6 Å². The maximum absolute atomic E-state index is 12.2. The number of thiophene rings is 1. The molecule has 0 fully saturated rings. The summed E-state index contributed by atoms with van der Waals surface area (Å²) < 4.78 is 15.9. The Bertz CT molecular complexity index is 801. The van der Waals surface area contributed by atoms with Gasteiger partial charge < -0.3 is 19.5 Å². The van der Waals surface area contributed by atoms with Gasteiger partial charge in [0.05, 0.1) is 19.2 Å². The largest absolute Gasteiger partial charge is 0.493 e. The highest BCUT2D eigenvalue weighted by atomic mass is 32.1. The number of rotatable bonds is 8. The third-order valence-corrected chi connectivity index (χ3v) is 5.46. The van der Waals surface area contributed by atoms with Crippen molar-refractivity contribution in [1.82, 2.24) is 5.32 Å². The van der Waals surface area contributed by atoms with Crippen LogP contribution in [0.5, 0.6) is 11.5 Å². The van der Waals surface area contributed by atoms with Crippen LogP contribution in [0.25, 0.3) is 0 Å². The van der Waals surface area contributed by atoms with Crippen LogP contribution in [-0.2, 0) is 22.4 Å². The lowest BCUT2D eigenvalue weighted by atomic mass is 9.96. The molecule has 1 amide bonds. The third-order valence-electron chi connectivity index (χ3n) is 4.37. The van der Waals surface area contributed by atoms with Crippen molar-refractivity contribution in [2.45, 2.75) is 25.7 Å². The summed E-state index contributed by atoms with van der Waals surface area (Å²) in [4.78, 5) is 25.4. The first-order chi connectivity index (χ1) is 13.2. The van der Waals surface area contributed by atoms with Crippen molar-refractivity contribution in [3.63, 3.8) is 0 Å². The van der Waals surface area contributed by atoms with Gasteiger partial charge >= 0.3 is 5.97 Å². The van der Waals surface area contributed by atoms with Crippen molar-refractivity contribution in [2.24, 2.45) is 0 Å². The summed E-state index contributed by atoms with van der Waals surface area (Å²) in [6.07, 6.45) is 4.20. The number of amides is 1. The fourth-order valence-corrected chi connectivity index (χ4v) is 4.13. The van der Waals surface area contributed by atoms with Crippen LogP contribution in [0.4, 0.5) is 0 Å². The minimum Gasteiger partial charge on any atom is -0.493 e. The van der Waals surface area contributed by atoms with E-state index in [0.717, 1.165) is 24.8 Å². The van der Waals surface area contributed by atoms with Crippen molar-refractivity contribution in [2.75, 3.05) is 26.9 Å². The summed E-state index contributed by atoms with van der Waals surface area (Å²) in [6, 6.07) is 7.30. The monoisotopic (exact) mass is 389 g/mol. The summed E-state index contributed by atoms with van der Waals surface area (Å²) in [5, 5.41) is 4.52. The van der Waals surface area contributed by atoms with E-state index in [1.807, 2.05) is 17.5 Å². The number of esters is 1. The lowest BCUT2D eigenvalue weighted by molar-refractivity contribution is -0.124. The van der Waals surface area contributed by atoms with Gasteiger partial charge in [-0.3, -0.25) is 4.79 Å². The highest BCUT2D eigenvalue weighted by Gasteiger charge is 2.21. The predicted molar refractivity (Wildman–Crippen MR) is 103 cm³/mol. The van der Waals surface area contributed by atoms with E-state index in [4.69, 9.17) is 14.2 Å². The number of hydrogen-bond acceptors (Lipinski definition) is 6. The molecule has 144 valence electrons. The van der Waals surface area contributed by atoms with Crippen LogP contribution in [0.2, 0.25) is 0 Å². The van der Waals surface area contributed by atoms with Crippen LogP contribution in [0, 0.1) is 0 Å². The highest BCUT2D eigenvalue weighted by molar-refractivity contribution is 7.10. The summed E-state index contributed by atoms with van der Waals surface area (Å²) in [6.45, 7) is 0.304. The highest BCUT2D eigenvalue weighted by Crippen LogP contribution is 2.30. The molecule has 6 nitrogen and oxygen atoms in total. The Hall–Kier alpha value is -2.54. The van der Waals surface area contributed by atoms with Gasteiger partial charge in [0.2, 0.25) is 0 Å². The minimum atomic E-state index is -0.421. The third kappa shape index (κ3) is 5.01. The predicted octanol–water partition coefficient (Wildman–Crippen LogP) is 2.99. The van der Waals surface area contributed by atoms with Crippen LogP contribution in [0.3, 0.4) is 0 Å². The summed E-state index contributed by atoms with van der Waals surface area (Å²) in [7, 11) is 1.57. The Kier molecular flexibility index (Phi) is 6.70. The Balaban J connectivity index is 1.38. The van der Waals surface area contributed by atoms with Gasteiger partial charge in [-0.25, -0.2) is 4.79 Å². The van der Waals surface area contributed by atoms with Gasteiger partial charge in [0, 0.05) is 10.3 Å². The SMILES string of the molecule is COc1ccccc1OCCNC(=O)COC(=O)c1csc2c1CCCC2. The molecule has 1 aliphatic rings. The molecule has 1 aliphatic carbocycles. The van der Waals surface area contributed by atoms with Crippen LogP contribution in [-0.4, -0.2) is 38.7 Å². The molecular formula is C20H23NO5S. The minimum absolute atomic E-state index is 0.290. The van der Waals surface area contributed by atoms with E-state index in [2.05, 4.69) is 5.32 Å². The zero-order chi connectivity index (χ0) is 19.1. The first kappa shape index (κ1) is 19.2. The van der Waals surface area contributed by atoms with Crippen molar-refractivity contribution in [3.05, 3.63) is 45.6 Å². The molecule has 0 atom stereocenters. The molecule has 27 heavy (non-hydrogen) atoms. The molecule has 1 aromatic carbocycles. The smallest absolute Gasteiger partial charge is 0.339 e. The molecule has 1 N–H and O–H groups in total. The lowest BCUT2D eigenvalue weighted by Crippen LogP contribution is -2.32. The summed E-state index contributed by atoms with van der Waals surface area (Å²) >= 11 is 1.60. The number of nitrogens with one attached hydrogen (secondary N) is 1. The number of methoxy groups -OCH3 is 1. The molecule has 0 saturated carbocycles. The van der Waals surface area contributed by atoms with Crippen LogP contribution in [0.15, 0.2) is 29.6 Å². The van der Waals surface area contributed by atoms with E-state index in [1.54, 1.807) is 30.6 Å². The number of carbonyl (C=O) groups excluding carboxylic acids is 2. The van der Waals surface area contributed by atoms with Gasteiger partial charge in [-0.15, -0.1) is 11.3 Å². The molecule has 0 aliphatic heterocycles. The number of aryl methyl sites for hydroxylation is 1. The fourth-order valence-electron chi connectivity index (χ4n) is 3.01. The zero-order valence-corrected chi connectivity index (χ0v) is 16.1. The Morgan fingerprint density at radius 1 is 1.15 bits per heavy atom. The van der Waals surface area contributed by atoms with E-state index >= 15 is 0 Å². The maximum atomic E-state index is 12.2. The number of benzene rings is 1. The van der Waals surface area contributed by atoms with Crippen molar-refractivity contribution in [1.29, 1.82) is 0 Å². The average Bonchev–Trinajstić information content (AvgIpc) is 3.14. The second kappa shape index (κ2) is 9.41. The molecule has 0 unspecified atom stereocenters. The molecule has 1 heterocycles. The first-order valence-corrected chi connectivity index (χ1v) is 9.86. The molecule has 0 bridgehead atoms. The first-order valence-electron chi connectivity index (χ1n) is 8.98. The van der Waals surface area contributed by atoms with Crippen molar-refractivity contribution in [3.8, 4) is 11.5 Å². The van der Waals surface area contributed by atoms with Gasteiger partial charge in [0.1, 0.15) is 6.61 Å². The van der Waals surface area contributed by atoms with Gasteiger partial charge in [0.25, 0.3) is 5.91 Å². The Labute approximate surface area is 162 Å². The van der Waals surface area contributed by atoms with E-state index in [0.29, 0.717) is 23.6 Å². The topological polar surface area (TPSA) is 73.9 Å². The van der Waals surface area contributed by atoms with Crippen LogP contribution < -0.4 is 14.8 Å². The zero-order valence-electron chi connectivity index (χ0n) is 15.3. The summed E-state index contributed by atoms with van der Waals surface area (Å²) in [5.41, 5.74) is 1.71. The number of para-hydroxylation sites is 2. The molecule has 7 heteroatoms. The molecule has 0 radical (unpaired) electrons. The lowest BCUT2D eigenvalue weighted by Gasteiger charge is -2.12. The maximum Gasteiger partial charge on any atom is 0.339 e. The van der Waals surface area contributed by atoms with Gasteiger partial charge in [-0.2, -0.15) is 0 Å². The number of hydrogen-bond donors (Lipinski definition) is 1. The second-order valence-electron chi connectivity index (χ2n) is 6.18.